The lowest BCUT2D eigenvalue weighted by atomic mass is 9.95. The molecule has 1 atom stereocenters. The summed E-state index contributed by atoms with van der Waals surface area (Å²) in [5.74, 6) is -2.11. The van der Waals surface area contributed by atoms with Gasteiger partial charge in [-0.3, -0.25) is 24.3 Å². The zero-order valence-corrected chi connectivity index (χ0v) is 18.0. The number of hydrogen-bond donors (Lipinski definition) is 1. The maximum Gasteiger partial charge on any atom is 0.310 e. The third kappa shape index (κ3) is 4.39. The van der Waals surface area contributed by atoms with E-state index in [2.05, 4.69) is 4.98 Å². The van der Waals surface area contributed by atoms with Gasteiger partial charge in [-0.25, -0.2) is 0 Å². The summed E-state index contributed by atoms with van der Waals surface area (Å²) >= 11 is 0. The van der Waals surface area contributed by atoms with Crippen molar-refractivity contribution in [1.29, 1.82) is 0 Å². The molecule has 1 N–H and O–H groups in total. The second kappa shape index (κ2) is 9.48. The van der Waals surface area contributed by atoms with E-state index in [1.807, 2.05) is 18.2 Å². The van der Waals surface area contributed by atoms with E-state index in [0.717, 1.165) is 5.56 Å². The summed E-state index contributed by atoms with van der Waals surface area (Å²) in [4.78, 5) is 43.3. The molecule has 3 aromatic rings. The molecule has 2 heterocycles. The number of Topliss-reactive ketones (excluding diaryl/α,β-unsaturated/α-hetero) is 1. The van der Waals surface area contributed by atoms with Gasteiger partial charge in [0.1, 0.15) is 5.76 Å². The van der Waals surface area contributed by atoms with Gasteiger partial charge in [0.15, 0.2) is 0 Å². The molecule has 0 bridgehead atoms. The molecule has 1 aliphatic heterocycles. The van der Waals surface area contributed by atoms with Crippen LogP contribution in [0.4, 0.5) is 5.69 Å². The molecule has 7 nitrogen and oxygen atoms in total. The van der Waals surface area contributed by atoms with Crippen molar-refractivity contribution in [3.8, 4) is 0 Å². The number of aliphatic hydroxyl groups excluding tert-OH is 1. The van der Waals surface area contributed by atoms with Crippen LogP contribution < -0.4 is 4.90 Å². The molecule has 1 aromatic heterocycles. The van der Waals surface area contributed by atoms with Crippen molar-refractivity contribution in [2.45, 2.75) is 19.4 Å². The van der Waals surface area contributed by atoms with Crippen molar-refractivity contribution in [3.63, 3.8) is 0 Å². The minimum Gasteiger partial charge on any atom is -0.507 e. The second-order valence-electron chi connectivity index (χ2n) is 7.46. The number of benzene rings is 2. The molecule has 1 amide bonds. The number of carbonyl (C=O) groups excluding carboxylic acids is 3. The first kappa shape index (κ1) is 22.0. The Morgan fingerprint density at radius 2 is 1.67 bits per heavy atom. The summed E-state index contributed by atoms with van der Waals surface area (Å²) in [6.45, 7) is 2.04. The number of anilines is 1. The summed E-state index contributed by atoms with van der Waals surface area (Å²) in [7, 11) is 0. The number of carbonyl (C=O) groups is 3. The smallest absolute Gasteiger partial charge is 0.310 e. The summed E-state index contributed by atoms with van der Waals surface area (Å²) in [5.41, 5.74) is 2.29. The largest absolute Gasteiger partial charge is 0.507 e. The second-order valence-corrected chi connectivity index (χ2v) is 7.46. The van der Waals surface area contributed by atoms with Gasteiger partial charge < -0.3 is 9.84 Å². The van der Waals surface area contributed by atoms with Crippen LogP contribution >= 0.6 is 0 Å². The summed E-state index contributed by atoms with van der Waals surface area (Å²) in [5, 5.41) is 11.0. The average molecular weight is 442 g/mol. The Balaban J connectivity index is 1.78. The van der Waals surface area contributed by atoms with Crippen LogP contribution in [0.15, 0.2) is 84.7 Å². The van der Waals surface area contributed by atoms with E-state index in [9.17, 15) is 19.5 Å². The van der Waals surface area contributed by atoms with Gasteiger partial charge in [-0.2, -0.15) is 0 Å². The minimum absolute atomic E-state index is 0.00741. The van der Waals surface area contributed by atoms with Crippen LogP contribution in [0.5, 0.6) is 0 Å². The lowest BCUT2D eigenvalue weighted by Gasteiger charge is -2.25. The summed E-state index contributed by atoms with van der Waals surface area (Å²) in [6, 6.07) is 18.2. The molecule has 4 rings (SSSR count). The third-order valence-corrected chi connectivity index (χ3v) is 5.38. The molecule has 2 aromatic carbocycles. The topological polar surface area (TPSA) is 96.8 Å². The molecule has 33 heavy (non-hydrogen) atoms. The van der Waals surface area contributed by atoms with E-state index >= 15 is 0 Å². The normalized spacial score (nSPS) is 17.2. The van der Waals surface area contributed by atoms with Gasteiger partial charge >= 0.3 is 5.97 Å². The predicted octanol–water partition coefficient (Wildman–Crippen LogP) is 3.81. The first-order chi connectivity index (χ1) is 16.0. The molecule has 0 saturated carbocycles. The average Bonchev–Trinajstić information content (AvgIpc) is 3.11. The monoisotopic (exact) mass is 442 g/mol. The van der Waals surface area contributed by atoms with Gasteiger partial charge in [0, 0.05) is 23.6 Å². The lowest BCUT2D eigenvalue weighted by Crippen LogP contribution is -2.29. The van der Waals surface area contributed by atoms with Crippen molar-refractivity contribution < 1.29 is 24.2 Å². The van der Waals surface area contributed by atoms with Gasteiger partial charge in [-0.05, 0) is 42.3 Å². The highest BCUT2D eigenvalue weighted by Gasteiger charge is 2.46. The quantitative estimate of drug-likeness (QED) is 0.270. The number of amides is 1. The highest BCUT2D eigenvalue weighted by Crippen LogP contribution is 2.42. The Morgan fingerprint density at radius 3 is 2.30 bits per heavy atom. The van der Waals surface area contributed by atoms with Crippen LogP contribution in [0.25, 0.3) is 5.76 Å². The summed E-state index contributed by atoms with van der Waals surface area (Å²) in [6.07, 6.45) is 3.12. The molecule has 1 fully saturated rings. The number of pyridine rings is 1. The van der Waals surface area contributed by atoms with Gasteiger partial charge in [0.25, 0.3) is 11.7 Å². The van der Waals surface area contributed by atoms with E-state index in [-0.39, 0.29) is 23.7 Å². The number of esters is 1. The molecule has 7 heteroatoms. The van der Waals surface area contributed by atoms with Crippen molar-refractivity contribution in [2.75, 3.05) is 11.5 Å². The van der Waals surface area contributed by atoms with Crippen molar-refractivity contribution >= 4 is 29.1 Å². The van der Waals surface area contributed by atoms with Gasteiger partial charge in [-0.15, -0.1) is 0 Å². The fourth-order valence-corrected chi connectivity index (χ4v) is 3.87. The van der Waals surface area contributed by atoms with Crippen LogP contribution in [-0.2, 0) is 25.5 Å². The molecule has 0 aliphatic carbocycles. The maximum absolute atomic E-state index is 13.1. The number of aromatic nitrogens is 1. The van der Waals surface area contributed by atoms with Crippen molar-refractivity contribution in [1.82, 2.24) is 4.98 Å². The van der Waals surface area contributed by atoms with E-state index in [4.69, 9.17) is 4.74 Å². The Morgan fingerprint density at radius 1 is 1.00 bits per heavy atom. The van der Waals surface area contributed by atoms with Crippen molar-refractivity contribution in [2.24, 2.45) is 0 Å². The zero-order valence-electron chi connectivity index (χ0n) is 18.0. The molecular formula is C26H22N2O5. The number of ketones is 1. The number of hydrogen-bond acceptors (Lipinski definition) is 6. The van der Waals surface area contributed by atoms with E-state index in [0.29, 0.717) is 23.4 Å². The fraction of sp³-hybridized carbons (Fsp3) is 0.154. The van der Waals surface area contributed by atoms with Crippen LogP contribution in [0.1, 0.15) is 29.7 Å². The summed E-state index contributed by atoms with van der Waals surface area (Å²) < 4.78 is 4.98. The Kier molecular flexibility index (Phi) is 6.31. The molecule has 1 saturated heterocycles. The molecular weight excluding hydrogens is 420 g/mol. The third-order valence-electron chi connectivity index (χ3n) is 5.38. The number of ether oxygens (including phenoxy) is 1. The first-order valence-electron chi connectivity index (χ1n) is 10.5. The highest BCUT2D eigenvalue weighted by atomic mass is 16.5. The van der Waals surface area contributed by atoms with Crippen LogP contribution in [0, 0.1) is 0 Å². The molecule has 0 radical (unpaired) electrons. The standard InChI is InChI=1S/C26H22N2O5/c1-2-33-21(29)16-17-8-10-20(11-9-17)28-23(18-6-4-3-5-7-18)22(25(31)26(28)32)24(30)19-12-14-27-15-13-19/h3-15,23,30H,2,16H2,1H3/b24-22-. The molecule has 166 valence electrons. The SMILES string of the molecule is CCOC(=O)Cc1ccc(N2C(=O)C(=O)/C(=C(\O)c3ccncc3)C2c2ccccc2)cc1. The Hall–Kier alpha value is -4.26. The number of nitrogens with zero attached hydrogens (tertiary/aromatic N) is 2. The van der Waals surface area contributed by atoms with Gasteiger partial charge in [0.2, 0.25) is 0 Å². The highest BCUT2D eigenvalue weighted by molar-refractivity contribution is 6.51. The van der Waals surface area contributed by atoms with Gasteiger partial charge in [-0.1, -0.05) is 42.5 Å². The van der Waals surface area contributed by atoms with Crippen LogP contribution in [0.2, 0.25) is 0 Å². The number of rotatable bonds is 6. The molecule has 0 spiro atoms. The minimum atomic E-state index is -0.810. The zero-order chi connectivity index (χ0) is 23.4. The lowest BCUT2D eigenvalue weighted by molar-refractivity contribution is -0.142. The molecule has 1 unspecified atom stereocenters. The Bertz CT molecular complexity index is 1200. The van der Waals surface area contributed by atoms with Crippen molar-refractivity contribution in [3.05, 3.63) is 101 Å². The van der Waals surface area contributed by atoms with Crippen LogP contribution in [0.3, 0.4) is 0 Å². The van der Waals surface area contributed by atoms with E-state index in [1.165, 1.54) is 17.3 Å². The molecule has 1 aliphatic rings. The van der Waals surface area contributed by atoms with E-state index < -0.39 is 17.7 Å². The number of aliphatic hydroxyl groups is 1. The van der Waals surface area contributed by atoms with Gasteiger partial charge in [0.05, 0.1) is 24.6 Å². The predicted molar refractivity (Wildman–Crippen MR) is 122 cm³/mol. The van der Waals surface area contributed by atoms with E-state index in [1.54, 1.807) is 55.5 Å². The Labute approximate surface area is 191 Å². The first-order valence-corrected chi connectivity index (χ1v) is 10.5. The van der Waals surface area contributed by atoms with Crippen LogP contribution in [-0.4, -0.2) is 34.4 Å². The maximum atomic E-state index is 13.1. The fourth-order valence-electron chi connectivity index (χ4n) is 3.87.